The molecule has 114 valence electrons. The number of anilines is 2. The summed E-state index contributed by atoms with van der Waals surface area (Å²) >= 11 is 1.61. The monoisotopic (exact) mass is 314 g/mol. The third kappa shape index (κ3) is 3.36. The molecule has 1 aliphatic rings. The maximum atomic E-state index is 11.3. The zero-order valence-corrected chi connectivity index (χ0v) is 12.9. The van der Waals surface area contributed by atoms with Crippen molar-refractivity contribution < 1.29 is 9.90 Å². The van der Waals surface area contributed by atoms with Crippen molar-refractivity contribution in [2.24, 2.45) is 0 Å². The maximum absolute atomic E-state index is 11.3. The first-order chi connectivity index (χ1) is 10.7. The van der Waals surface area contributed by atoms with Crippen LogP contribution in [0.2, 0.25) is 0 Å². The Morgan fingerprint density at radius 2 is 1.59 bits per heavy atom. The lowest BCUT2D eigenvalue weighted by Gasteiger charge is -2.28. The van der Waals surface area contributed by atoms with Crippen molar-refractivity contribution in [2.45, 2.75) is 17.8 Å². The molecule has 0 saturated carbocycles. The van der Waals surface area contributed by atoms with E-state index in [0.717, 1.165) is 23.5 Å². The van der Waals surface area contributed by atoms with Crippen LogP contribution in [0.25, 0.3) is 0 Å². The number of benzene rings is 2. The van der Waals surface area contributed by atoms with Crippen LogP contribution in [0.15, 0.2) is 54.6 Å². The summed E-state index contributed by atoms with van der Waals surface area (Å²) in [7, 11) is 0. The number of nitrogens with one attached hydrogen (secondary N) is 2. The Morgan fingerprint density at radius 3 is 2.18 bits per heavy atom. The van der Waals surface area contributed by atoms with Crippen LogP contribution in [0.3, 0.4) is 0 Å². The minimum absolute atomic E-state index is 0.0150. The van der Waals surface area contributed by atoms with Gasteiger partial charge in [0.05, 0.1) is 17.8 Å². The summed E-state index contributed by atoms with van der Waals surface area (Å²) in [5, 5.41) is 15.9. The van der Waals surface area contributed by atoms with E-state index in [4.69, 9.17) is 0 Å². The topological polar surface area (TPSA) is 61.4 Å². The van der Waals surface area contributed by atoms with Crippen LogP contribution >= 0.6 is 11.8 Å². The molecule has 0 aromatic heterocycles. The number of carboxylic acids is 1. The number of carboxylic acid groups (broad SMARTS) is 1. The molecule has 0 bridgehead atoms. The van der Waals surface area contributed by atoms with E-state index in [1.54, 1.807) is 11.8 Å². The van der Waals surface area contributed by atoms with Crippen molar-refractivity contribution in [1.82, 2.24) is 0 Å². The van der Waals surface area contributed by atoms with Gasteiger partial charge in [0, 0.05) is 5.75 Å². The van der Waals surface area contributed by atoms with E-state index >= 15 is 0 Å². The Labute approximate surface area is 133 Å². The molecule has 0 amide bonds. The first-order valence-electron chi connectivity index (χ1n) is 7.22. The summed E-state index contributed by atoms with van der Waals surface area (Å²) in [5.74, 6) is 0.0191. The molecule has 1 aliphatic heterocycles. The van der Waals surface area contributed by atoms with Crippen molar-refractivity contribution in [3.8, 4) is 0 Å². The van der Waals surface area contributed by atoms with Gasteiger partial charge in [0.2, 0.25) is 0 Å². The third-order valence-corrected chi connectivity index (χ3v) is 4.83. The largest absolute Gasteiger partial charge is 0.481 e. The SMILES string of the molecule is O=C(O)CC1(SCCc2ccccc2)Nc2ccccc2N1. The second-order valence-electron chi connectivity index (χ2n) is 5.28. The van der Waals surface area contributed by atoms with Gasteiger partial charge in [-0.05, 0) is 24.1 Å². The van der Waals surface area contributed by atoms with Gasteiger partial charge in [-0.1, -0.05) is 42.5 Å². The standard InChI is InChI=1S/C17H18N2O2S/c20-16(21)12-17(18-14-8-4-5-9-15(14)19-17)22-11-10-13-6-2-1-3-7-13/h1-9,18-19H,10-12H2,(H,20,21). The van der Waals surface area contributed by atoms with Gasteiger partial charge in [-0.2, -0.15) is 0 Å². The van der Waals surface area contributed by atoms with Crippen LogP contribution < -0.4 is 10.6 Å². The highest BCUT2D eigenvalue weighted by Gasteiger charge is 2.38. The predicted molar refractivity (Wildman–Crippen MR) is 91.3 cm³/mol. The van der Waals surface area contributed by atoms with Gasteiger partial charge in [-0.25, -0.2) is 0 Å². The minimum atomic E-state index is -0.819. The van der Waals surface area contributed by atoms with Gasteiger partial charge in [0.25, 0.3) is 0 Å². The second kappa shape index (κ2) is 6.32. The first kappa shape index (κ1) is 14.8. The molecule has 0 aliphatic carbocycles. The van der Waals surface area contributed by atoms with Gasteiger partial charge in [0.15, 0.2) is 4.99 Å². The van der Waals surface area contributed by atoms with E-state index in [-0.39, 0.29) is 6.42 Å². The van der Waals surface area contributed by atoms with Crippen LogP contribution in [0.5, 0.6) is 0 Å². The van der Waals surface area contributed by atoms with E-state index in [0.29, 0.717) is 0 Å². The number of aliphatic carboxylic acids is 1. The molecule has 0 unspecified atom stereocenters. The van der Waals surface area contributed by atoms with Crippen LogP contribution in [0.1, 0.15) is 12.0 Å². The van der Waals surface area contributed by atoms with Crippen LogP contribution in [-0.2, 0) is 11.2 Å². The molecule has 0 saturated heterocycles. The molecule has 2 aromatic rings. The summed E-state index contributed by atoms with van der Waals surface area (Å²) in [6, 6.07) is 18.0. The molecule has 4 nitrogen and oxygen atoms in total. The van der Waals surface area contributed by atoms with Crippen molar-refractivity contribution >= 4 is 29.1 Å². The molecule has 0 radical (unpaired) electrons. The fraction of sp³-hybridized carbons (Fsp3) is 0.235. The van der Waals surface area contributed by atoms with Crippen molar-refractivity contribution in [3.05, 3.63) is 60.2 Å². The number of fused-ring (bicyclic) bond motifs is 1. The van der Waals surface area contributed by atoms with Crippen molar-refractivity contribution in [3.63, 3.8) is 0 Å². The number of para-hydroxylation sites is 2. The van der Waals surface area contributed by atoms with E-state index in [1.807, 2.05) is 42.5 Å². The van der Waals surface area contributed by atoms with Gasteiger partial charge in [0.1, 0.15) is 0 Å². The Hall–Kier alpha value is -2.14. The highest BCUT2D eigenvalue weighted by Crippen LogP contribution is 2.41. The Kier molecular flexibility index (Phi) is 4.24. The van der Waals surface area contributed by atoms with Crippen molar-refractivity contribution in [2.75, 3.05) is 16.4 Å². The summed E-state index contributed by atoms with van der Waals surface area (Å²) in [6.45, 7) is 0. The molecule has 2 aromatic carbocycles. The van der Waals surface area contributed by atoms with E-state index in [1.165, 1.54) is 5.56 Å². The zero-order chi connectivity index (χ0) is 15.4. The number of rotatable bonds is 6. The third-order valence-electron chi connectivity index (χ3n) is 3.58. The highest BCUT2D eigenvalue weighted by molar-refractivity contribution is 8.00. The summed E-state index contributed by atoms with van der Waals surface area (Å²) in [4.78, 5) is 10.6. The van der Waals surface area contributed by atoms with Crippen LogP contribution in [0.4, 0.5) is 11.4 Å². The number of carbonyl (C=O) groups is 1. The van der Waals surface area contributed by atoms with Gasteiger partial charge in [-0.15, -0.1) is 11.8 Å². The molecule has 3 rings (SSSR count). The fourth-order valence-electron chi connectivity index (χ4n) is 2.58. The van der Waals surface area contributed by atoms with E-state index < -0.39 is 11.0 Å². The lowest BCUT2D eigenvalue weighted by molar-refractivity contribution is -0.137. The average Bonchev–Trinajstić information content (AvgIpc) is 2.85. The minimum Gasteiger partial charge on any atom is -0.481 e. The van der Waals surface area contributed by atoms with Crippen LogP contribution in [-0.4, -0.2) is 21.8 Å². The Balaban J connectivity index is 1.68. The number of hydrogen-bond acceptors (Lipinski definition) is 4. The Morgan fingerprint density at radius 1 is 1.00 bits per heavy atom. The maximum Gasteiger partial charge on any atom is 0.308 e. The molecule has 3 N–H and O–H groups in total. The van der Waals surface area contributed by atoms with Gasteiger partial charge < -0.3 is 15.7 Å². The predicted octanol–water partition coefficient (Wildman–Crippen LogP) is 3.63. The molecule has 0 spiro atoms. The average molecular weight is 314 g/mol. The fourth-order valence-corrected chi connectivity index (χ4v) is 3.86. The van der Waals surface area contributed by atoms with Crippen molar-refractivity contribution in [1.29, 1.82) is 0 Å². The van der Waals surface area contributed by atoms with Gasteiger partial charge in [-0.3, -0.25) is 4.79 Å². The Bertz CT molecular complexity index is 636. The number of hydrogen-bond donors (Lipinski definition) is 3. The van der Waals surface area contributed by atoms with E-state index in [2.05, 4.69) is 22.8 Å². The number of thioether (sulfide) groups is 1. The lowest BCUT2D eigenvalue weighted by Crippen LogP contribution is -2.41. The molecule has 22 heavy (non-hydrogen) atoms. The molecule has 1 heterocycles. The smallest absolute Gasteiger partial charge is 0.308 e. The molecule has 0 fully saturated rings. The summed E-state index contributed by atoms with van der Waals surface area (Å²) in [5.41, 5.74) is 3.17. The van der Waals surface area contributed by atoms with Crippen LogP contribution in [0, 0.1) is 0 Å². The molecule has 5 heteroatoms. The number of aryl methyl sites for hydroxylation is 1. The van der Waals surface area contributed by atoms with Gasteiger partial charge >= 0.3 is 5.97 Å². The second-order valence-corrected chi connectivity index (χ2v) is 6.67. The molecular formula is C17H18N2O2S. The summed E-state index contributed by atoms with van der Waals surface area (Å²) in [6.07, 6.45) is 0.924. The quantitative estimate of drug-likeness (QED) is 0.760. The normalized spacial score (nSPS) is 14.7. The summed E-state index contributed by atoms with van der Waals surface area (Å²) < 4.78 is 0. The molecular weight excluding hydrogens is 296 g/mol. The highest BCUT2D eigenvalue weighted by atomic mass is 32.2. The lowest BCUT2D eigenvalue weighted by atomic mass is 10.2. The van der Waals surface area contributed by atoms with E-state index in [9.17, 15) is 9.90 Å². The zero-order valence-electron chi connectivity index (χ0n) is 12.1. The molecule has 0 atom stereocenters. The first-order valence-corrected chi connectivity index (χ1v) is 8.20.